The maximum absolute atomic E-state index is 10.7. The maximum Gasteiger partial charge on any atom is 0.325 e. The van der Waals surface area contributed by atoms with Crippen LogP contribution in [0.5, 0.6) is 0 Å². The Kier molecular flexibility index (Phi) is 3.13. The molecule has 0 saturated heterocycles. The van der Waals surface area contributed by atoms with Crippen molar-refractivity contribution in [3.05, 3.63) is 33.8 Å². The number of carbonyl (C=O) groups is 1. The number of aliphatic carboxylic acids is 1. The summed E-state index contributed by atoms with van der Waals surface area (Å²) in [6.45, 7) is 3.61. The minimum atomic E-state index is -1.07. The van der Waals surface area contributed by atoms with Gasteiger partial charge in [0, 0.05) is 10.6 Å². The van der Waals surface area contributed by atoms with Crippen LogP contribution in [-0.2, 0) is 4.79 Å². The van der Waals surface area contributed by atoms with Gasteiger partial charge in [-0.3, -0.25) is 4.79 Å². The molecular formula is C10H12ClNO2. The van der Waals surface area contributed by atoms with Gasteiger partial charge in [-0.2, -0.15) is 0 Å². The zero-order valence-corrected chi connectivity index (χ0v) is 8.80. The predicted octanol–water partition coefficient (Wildman–Crippen LogP) is 2.04. The van der Waals surface area contributed by atoms with Gasteiger partial charge in [-0.1, -0.05) is 23.7 Å². The second-order valence-electron chi connectivity index (χ2n) is 3.24. The molecular weight excluding hydrogens is 202 g/mol. The van der Waals surface area contributed by atoms with Crippen molar-refractivity contribution in [1.82, 2.24) is 0 Å². The summed E-state index contributed by atoms with van der Waals surface area (Å²) in [6, 6.07) is 2.61. The molecule has 0 heterocycles. The lowest BCUT2D eigenvalue weighted by atomic mass is 9.99. The molecule has 0 amide bonds. The third-order valence-corrected chi connectivity index (χ3v) is 2.67. The molecule has 76 valence electrons. The van der Waals surface area contributed by atoms with Crippen LogP contribution in [0.4, 0.5) is 0 Å². The molecule has 3 N–H and O–H groups in total. The van der Waals surface area contributed by atoms with Crippen LogP contribution in [0.25, 0.3) is 0 Å². The SMILES string of the molecule is Cc1ccc(C)c(C(N)C(=O)O)c1Cl. The molecule has 0 radical (unpaired) electrons. The molecule has 0 aromatic heterocycles. The summed E-state index contributed by atoms with van der Waals surface area (Å²) in [7, 11) is 0. The van der Waals surface area contributed by atoms with E-state index in [9.17, 15) is 4.79 Å². The number of aryl methyl sites for hydroxylation is 2. The highest BCUT2D eigenvalue weighted by Crippen LogP contribution is 2.28. The quantitative estimate of drug-likeness (QED) is 0.790. The van der Waals surface area contributed by atoms with Gasteiger partial charge in [0.2, 0.25) is 0 Å². The summed E-state index contributed by atoms with van der Waals surface area (Å²) < 4.78 is 0. The summed E-state index contributed by atoms with van der Waals surface area (Å²) in [5, 5.41) is 9.24. The minimum absolute atomic E-state index is 0.444. The molecule has 0 bridgehead atoms. The van der Waals surface area contributed by atoms with Crippen LogP contribution in [0.15, 0.2) is 12.1 Å². The van der Waals surface area contributed by atoms with Crippen molar-refractivity contribution in [3.8, 4) is 0 Å². The third-order valence-electron chi connectivity index (χ3n) is 2.17. The molecule has 0 aliphatic carbocycles. The predicted molar refractivity (Wildman–Crippen MR) is 55.5 cm³/mol. The number of nitrogens with two attached hydrogens (primary N) is 1. The zero-order chi connectivity index (χ0) is 10.9. The molecule has 14 heavy (non-hydrogen) atoms. The molecule has 1 aromatic rings. The van der Waals surface area contributed by atoms with Gasteiger partial charge in [0.1, 0.15) is 6.04 Å². The highest BCUT2D eigenvalue weighted by molar-refractivity contribution is 6.32. The highest BCUT2D eigenvalue weighted by atomic mass is 35.5. The van der Waals surface area contributed by atoms with E-state index in [1.165, 1.54) is 0 Å². The summed E-state index contributed by atoms with van der Waals surface area (Å²) in [5.41, 5.74) is 7.66. The van der Waals surface area contributed by atoms with Crippen molar-refractivity contribution in [2.75, 3.05) is 0 Å². The molecule has 0 fully saturated rings. The van der Waals surface area contributed by atoms with E-state index < -0.39 is 12.0 Å². The fraction of sp³-hybridized carbons (Fsp3) is 0.300. The monoisotopic (exact) mass is 213 g/mol. The molecule has 0 aliphatic rings. The number of benzene rings is 1. The summed E-state index contributed by atoms with van der Waals surface area (Å²) in [6.07, 6.45) is 0. The molecule has 4 heteroatoms. The van der Waals surface area contributed by atoms with Crippen LogP contribution < -0.4 is 5.73 Å². The average Bonchev–Trinajstić information content (AvgIpc) is 2.12. The fourth-order valence-electron chi connectivity index (χ4n) is 1.30. The second kappa shape index (κ2) is 3.98. The summed E-state index contributed by atoms with van der Waals surface area (Å²) in [5.74, 6) is -1.07. The van der Waals surface area contributed by atoms with Crippen molar-refractivity contribution < 1.29 is 9.90 Å². The van der Waals surface area contributed by atoms with Crippen LogP contribution in [0.3, 0.4) is 0 Å². The van der Waals surface area contributed by atoms with Gasteiger partial charge >= 0.3 is 5.97 Å². The van der Waals surface area contributed by atoms with Crippen molar-refractivity contribution in [2.24, 2.45) is 5.73 Å². The third kappa shape index (κ3) is 1.89. The van der Waals surface area contributed by atoms with E-state index >= 15 is 0 Å². The number of hydrogen-bond donors (Lipinski definition) is 2. The lowest BCUT2D eigenvalue weighted by Crippen LogP contribution is -2.22. The van der Waals surface area contributed by atoms with Crippen molar-refractivity contribution in [1.29, 1.82) is 0 Å². The van der Waals surface area contributed by atoms with E-state index in [-0.39, 0.29) is 0 Å². The van der Waals surface area contributed by atoms with Crippen LogP contribution in [-0.4, -0.2) is 11.1 Å². The van der Waals surface area contributed by atoms with Gasteiger partial charge in [0.05, 0.1) is 0 Å². The smallest absolute Gasteiger partial charge is 0.325 e. The average molecular weight is 214 g/mol. The molecule has 0 saturated carbocycles. The Morgan fingerprint density at radius 3 is 2.43 bits per heavy atom. The lowest BCUT2D eigenvalue weighted by molar-refractivity contribution is -0.138. The van der Waals surface area contributed by atoms with E-state index in [0.717, 1.165) is 11.1 Å². The van der Waals surface area contributed by atoms with E-state index in [1.807, 2.05) is 19.1 Å². The van der Waals surface area contributed by atoms with E-state index in [2.05, 4.69) is 0 Å². The number of rotatable bonds is 2. The van der Waals surface area contributed by atoms with Gasteiger partial charge in [0.15, 0.2) is 0 Å². The van der Waals surface area contributed by atoms with Crippen molar-refractivity contribution >= 4 is 17.6 Å². The maximum atomic E-state index is 10.7. The van der Waals surface area contributed by atoms with Crippen LogP contribution in [0.2, 0.25) is 5.02 Å². The summed E-state index contributed by atoms with van der Waals surface area (Å²) in [4.78, 5) is 10.7. The lowest BCUT2D eigenvalue weighted by Gasteiger charge is -2.13. The van der Waals surface area contributed by atoms with E-state index in [0.29, 0.717) is 10.6 Å². The Labute approximate surface area is 87.5 Å². The first-order valence-electron chi connectivity index (χ1n) is 4.19. The number of carboxylic acid groups (broad SMARTS) is 1. The zero-order valence-electron chi connectivity index (χ0n) is 8.04. The summed E-state index contributed by atoms with van der Waals surface area (Å²) >= 11 is 5.99. The highest BCUT2D eigenvalue weighted by Gasteiger charge is 2.20. The Bertz CT molecular complexity index is 377. The van der Waals surface area contributed by atoms with E-state index in [4.69, 9.17) is 22.4 Å². The number of halogens is 1. The standard InChI is InChI=1S/C10H12ClNO2/c1-5-3-4-6(2)8(11)7(5)9(12)10(13)14/h3-4,9H,12H2,1-2H3,(H,13,14). The van der Waals surface area contributed by atoms with Crippen LogP contribution in [0.1, 0.15) is 22.7 Å². The largest absolute Gasteiger partial charge is 0.480 e. The Morgan fingerprint density at radius 2 is 1.93 bits per heavy atom. The van der Waals surface area contributed by atoms with Crippen molar-refractivity contribution in [3.63, 3.8) is 0 Å². The Balaban J connectivity index is 3.32. The van der Waals surface area contributed by atoms with Gasteiger partial charge in [-0.05, 0) is 25.0 Å². The first-order chi connectivity index (χ1) is 6.45. The Hall–Kier alpha value is -1.06. The molecule has 0 aliphatic heterocycles. The van der Waals surface area contributed by atoms with Gasteiger partial charge in [-0.15, -0.1) is 0 Å². The molecule has 1 unspecified atom stereocenters. The molecule has 1 rings (SSSR count). The fourth-order valence-corrected chi connectivity index (χ4v) is 1.63. The van der Waals surface area contributed by atoms with Gasteiger partial charge in [0.25, 0.3) is 0 Å². The topological polar surface area (TPSA) is 63.3 Å². The molecule has 0 spiro atoms. The second-order valence-corrected chi connectivity index (χ2v) is 3.62. The van der Waals surface area contributed by atoms with Crippen molar-refractivity contribution in [2.45, 2.75) is 19.9 Å². The first-order valence-corrected chi connectivity index (χ1v) is 4.57. The molecule has 1 atom stereocenters. The number of carboxylic acids is 1. The van der Waals surface area contributed by atoms with Gasteiger partial charge in [-0.25, -0.2) is 0 Å². The Morgan fingerprint density at radius 1 is 1.43 bits per heavy atom. The molecule has 3 nitrogen and oxygen atoms in total. The van der Waals surface area contributed by atoms with Crippen LogP contribution in [0, 0.1) is 13.8 Å². The normalized spacial score (nSPS) is 12.6. The molecule has 1 aromatic carbocycles. The van der Waals surface area contributed by atoms with Crippen LogP contribution >= 0.6 is 11.6 Å². The van der Waals surface area contributed by atoms with Gasteiger partial charge < -0.3 is 10.8 Å². The first kappa shape index (κ1) is 11.0. The number of hydrogen-bond acceptors (Lipinski definition) is 2. The minimum Gasteiger partial charge on any atom is -0.480 e. The van der Waals surface area contributed by atoms with E-state index in [1.54, 1.807) is 6.92 Å².